The molecule has 6 nitrogen and oxygen atoms in total. The SMILES string of the molecule is COC1=N[C@@]2(CC(c3ccccc3)=NO2)C(OC)=N[C@H]1C(C)C. The molecule has 0 aliphatic carbocycles. The van der Waals surface area contributed by atoms with Gasteiger partial charge in [0, 0.05) is 0 Å². The first-order chi connectivity index (χ1) is 11.1. The van der Waals surface area contributed by atoms with Crippen molar-refractivity contribution >= 4 is 17.5 Å². The number of oxime groups is 1. The normalized spacial score (nSPS) is 26.5. The van der Waals surface area contributed by atoms with E-state index in [-0.39, 0.29) is 12.0 Å². The van der Waals surface area contributed by atoms with E-state index in [4.69, 9.17) is 14.3 Å². The first kappa shape index (κ1) is 15.5. The quantitative estimate of drug-likeness (QED) is 0.842. The predicted octanol–water partition coefficient (Wildman–Crippen LogP) is 2.64. The highest BCUT2D eigenvalue weighted by atomic mass is 16.7. The molecule has 0 saturated heterocycles. The molecule has 0 fully saturated rings. The van der Waals surface area contributed by atoms with E-state index >= 15 is 0 Å². The highest BCUT2D eigenvalue weighted by Crippen LogP contribution is 2.34. The Balaban J connectivity index is 1.93. The van der Waals surface area contributed by atoms with Gasteiger partial charge in [0.15, 0.2) is 0 Å². The summed E-state index contributed by atoms with van der Waals surface area (Å²) in [4.78, 5) is 15.0. The monoisotopic (exact) mass is 315 g/mol. The molecule has 2 heterocycles. The van der Waals surface area contributed by atoms with Gasteiger partial charge >= 0.3 is 5.72 Å². The number of hydrogen-bond donors (Lipinski definition) is 0. The van der Waals surface area contributed by atoms with E-state index < -0.39 is 5.72 Å². The molecule has 0 radical (unpaired) electrons. The van der Waals surface area contributed by atoms with Crippen LogP contribution in [0.4, 0.5) is 0 Å². The molecule has 0 aromatic heterocycles. The molecule has 2 aliphatic rings. The molecule has 2 atom stereocenters. The van der Waals surface area contributed by atoms with E-state index in [2.05, 4.69) is 29.0 Å². The molecule has 0 unspecified atom stereocenters. The smallest absolute Gasteiger partial charge is 0.310 e. The molecule has 1 aromatic carbocycles. The first-order valence-corrected chi connectivity index (χ1v) is 7.66. The van der Waals surface area contributed by atoms with Gasteiger partial charge in [-0.15, -0.1) is 0 Å². The minimum absolute atomic E-state index is 0.176. The standard InChI is InChI=1S/C17H21N3O3/c1-11(2)14-15(21-3)19-17(16(18-14)22-4)10-13(20-23-17)12-8-6-5-7-9-12/h5-9,11,14H,10H2,1-4H3/t14-,17+/m0/s1. The van der Waals surface area contributed by atoms with Crippen LogP contribution in [0.3, 0.4) is 0 Å². The van der Waals surface area contributed by atoms with E-state index in [9.17, 15) is 0 Å². The largest absolute Gasteiger partial charge is 0.483 e. The van der Waals surface area contributed by atoms with Crippen molar-refractivity contribution in [2.24, 2.45) is 21.1 Å². The van der Waals surface area contributed by atoms with Gasteiger partial charge in [-0.1, -0.05) is 49.3 Å². The third-order valence-electron chi connectivity index (χ3n) is 3.99. The van der Waals surface area contributed by atoms with Crippen molar-refractivity contribution in [2.45, 2.75) is 32.0 Å². The maximum Gasteiger partial charge on any atom is 0.310 e. The zero-order valence-electron chi connectivity index (χ0n) is 13.8. The summed E-state index contributed by atoms with van der Waals surface area (Å²) in [6, 6.07) is 9.70. The lowest BCUT2D eigenvalue weighted by molar-refractivity contribution is 0.0222. The highest BCUT2D eigenvalue weighted by Gasteiger charge is 2.50. The van der Waals surface area contributed by atoms with Gasteiger partial charge in [0.1, 0.15) is 6.04 Å². The average molecular weight is 315 g/mol. The lowest BCUT2D eigenvalue weighted by atomic mass is 9.97. The fraction of sp³-hybridized carbons (Fsp3) is 0.471. The number of ether oxygens (including phenoxy) is 2. The Hall–Kier alpha value is -2.37. The Bertz CT molecular complexity index is 667. The molecule has 3 rings (SSSR count). The summed E-state index contributed by atoms with van der Waals surface area (Å²) in [5.74, 6) is 1.23. The van der Waals surface area contributed by atoms with Crippen molar-refractivity contribution in [1.29, 1.82) is 0 Å². The van der Waals surface area contributed by atoms with Gasteiger partial charge in [0.05, 0.1) is 26.4 Å². The number of aliphatic imine (C=N–C) groups is 2. The second-order valence-corrected chi connectivity index (χ2v) is 5.94. The summed E-state index contributed by atoms with van der Waals surface area (Å²) in [7, 11) is 3.18. The Kier molecular flexibility index (Phi) is 4.07. The topological polar surface area (TPSA) is 64.8 Å². The van der Waals surface area contributed by atoms with E-state index in [1.807, 2.05) is 30.3 Å². The summed E-state index contributed by atoms with van der Waals surface area (Å²) in [6.45, 7) is 4.13. The lowest BCUT2D eigenvalue weighted by Gasteiger charge is -2.31. The third-order valence-corrected chi connectivity index (χ3v) is 3.99. The maximum absolute atomic E-state index is 5.68. The zero-order valence-corrected chi connectivity index (χ0v) is 13.8. The molecule has 6 heteroatoms. The molecule has 122 valence electrons. The Morgan fingerprint density at radius 3 is 2.52 bits per heavy atom. The Labute approximate surface area is 135 Å². The Morgan fingerprint density at radius 1 is 1.17 bits per heavy atom. The highest BCUT2D eigenvalue weighted by molar-refractivity contribution is 6.07. The van der Waals surface area contributed by atoms with Crippen LogP contribution in [0.2, 0.25) is 0 Å². The van der Waals surface area contributed by atoms with Gasteiger partial charge in [-0.25, -0.2) is 4.99 Å². The van der Waals surface area contributed by atoms with Crippen molar-refractivity contribution in [3.05, 3.63) is 35.9 Å². The van der Waals surface area contributed by atoms with Crippen LogP contribution in [0.5, 0.6) is 0 Å². The van der Waals surface area contributed by atoms with E-state index in [0.717, 1.165) is 11.3 Å². The molecule has 1 aromatic rings. The second kappa shape index (κ2) is 6.02. The van der Waals surface area contributed by atoms with Crippen LogP contribution in [-0.2, 0) is 14.3 Å². The lowest BCUT2D eigenvalue weighted by Crippen LogP contribution is -2.46. The Morgan fingerprint density at radius 2 is 1.91 bits per heavy atom. The van der Waals surface area contributed by atoms with Gasteiger partial charge in [0.25, 0.3) is 5.90 Å². The zero-order chi connectivity index (χ0) is 16.4. The van der Waals surface area contributed by atoms with Gasteiger partial charge in [0.2, 0.25) is 5.90 Å². The van der Waals surface area contributed by atoms with Crippen LogP contribution in [0.1, 0.15) is 25.8 Å². The van der Waals surface area contributed by atoms with Gasteiger partial charge in [-0.3, -0.25) is 0 Å². The first-order valence-electron chi connectivity index (χ1n) is 7.66. The molecule has 2 aliphatic heterocycles. The van der Waals surface area contributed by atoms with Gasteiger partial charge < -0.3 is 14.3 Å². The molecule has 0 N–H and O–H groups in total. The minimum atomic E-state index is -1.06. The maximum atomic E-state index is 5.68. The second-order valence-electron chi connectivity index (χ2n) is 5.94. The van der Waals surface area contributed by atoms with Crippen LogP contribution in [-0.4, -0.2) is 43.5 Å². The summed E-state index contributed by atoms with van der Waals surface area (Å²) >= 11 is 0. The van der Waals surface area contributed by atoms with Crippen molar-refractivity contribution in [3.8, 4) is 0 Å². The number of methoxy groups -OCH3 is 2. The molecular formula is C17H21N3O3. The number of nitrogens with zero attached hydrogens (tertiary/aromatic N) is 3. The number of benzene rings is 1. The molecule has 1 spiro atoms. The average Bonchev–Trinajstić information content (AvgIpc) is 2.99. The van der Waals surface area contributed by atoms with Crippen molar-refractivity contribution in [2.75, 3.05) is 14.2 Å². The van der Waals surface area contributed by atoms with E-state index in [0.29, 0.717) is 18.2 Å². The molecule has 0 amide bonds. The summed E-state index contributed by atoms with van der Waals surface area (Å²) in [5.41, 5.74) is 0.758. The van der Waals surface area contributed by atoms with Gasteiger partial charge in [-0.05, 0) is 11.5 Å². The number of rotatable bonds is 2. The fourth-order valence-corrected chi connectivity index (χ4v) is 2.77. The summed E-state index contributed by atoms with van der Waals surface area (Å²) in [5, 5.41) is 4.21. The van der Waals surface area contributed by atoms with Crippen molar-refractivity contribution < 1.29 is 14.3 Å². The van der Waals surface area contributed by atoms with Crippen molar-refractivity contribution in [3.63, 3.8) is 0 Å². The van der Waals surface area contributed by atoms with E-state index in [1.165, 1.54) is 0 Å². The van der Waals surface area contributed by atoms with Crippen LogP contribution >= 0.6 is 0 Å². The van der Waals surface area contributed by atoms with Crippen LogP contribution < -0.4 is 0 Å². The van der Waals surface area contributed by atoms with Crippen LogP contribution in [0.15, 0.2) is 45.5 Å². The molecule has 0 bridgehead atoms. The molecule has 23 heavy (non-hydrogen) atoms. The minimum Gasteiger partial charge on any atom is -0.483 e. The van der Waals surface area contributed by atoms with Gasteiger partial charge in [-0.2, -0.15) is 4.99 Å². The summed E-state index contributed by atoms with van der Waals surface area (Å²) in [6.07, 6.45) is 0.460. The third kappa shape index (κ3) is 2.69. The molecular weight excluding hydrogens is 294 g/mol. The predicted molar refractivity (Wildman–Crippen MR) is 88.9 cm³/mol. The van der Waals surface area contributed by atoms with Crippen LogP contribution in [0, 0.1) is 5.92 Å². The van der Waals surface area contributed by atoms with E-state index in [1.54, 1.807) is 14.2 Å². The summed E-state index contributed by atoms with van der Waals surface area (Å²) < 4.78 is 10.9. The number of hydrogen-bond acceptors (Lipinski definition) is 6. The van der Waals surface area contributed by atoms with Crippen LogP contribution in [0.25, 0.3) is 0 Å². The molecule has 0 saturated carbocycles. The fourth-order valence-electron chi connectivity index (χ4n) is 2.77. The van der Waals surface area contributed by atoms with Crippen molar-refractivity contribution in [1.82, 2.24) is 0 Å².